The second-order valence-electron chi connectivity index (χ2n) is 14.5. The Hall–Kier alpha value is -0.0700. The number of halogens is 1. The highest BCUT2D eigenvalue weighted by Crippen LogP contribution is 2.36. The van der Waals surface area contributed by atoms with Crippen LogP contribution in [0.5, 0.6) is 0 Å². The minimum Gasteiger partial charge on any atom is -0.244 e. The summed E-state index contributed by atoms with van der Waals surface area (Å²) in [6, 6.07) is 0. The fourth-order valence-corrected chi connectivity index (χ4v) is 3.70. The molecule has 0 spiro atoms. The molecule has 2 aliphatic carbocycles. The zero-order chi connectivity index (χ0) is 27.6. The zero-order valence-electron chi connectivity index (χ0n) is 27.0. The summed E-state index contributed by atoms with van der Waals surface area (Å²) in [7, 11) is 0. The van der Waals surface area contributed by atoms with Crippen LogP contribution in [0.2, 0.25) is 0 Å². The van der Waals surface area contributed by atoms with Crippen molar-refractivity contribution in [2.45, 2.75) is 161 Å². The van der Waals surface area contributed by atoms with Crippen molar-refractivity contribution in [2.75, 3.05) is 0 Å². The molecule has 0 bridgehead atoms. The maximum Gasteiger partial charge on any atom is 0.105 e. The lowest BCUT2D eigenvalue weighted by Gasteiger charge is -2.15. The molecule has 0 aromatic carbocycles. The van der Waals surface area contributed by atoms with Gasteiger partial charge in [-0.3, -0.25) is 0 Å². The fourth-order valence-electron chi connectivity index (χ4n) is 3.70. The third-order valence-corrected chi connectivity index (χ3v) is 6.24. The minimum absolute atomic E-state index is 0.468. The first kappa shape index (κ1) is 38.5. The Kier molecular flexibility index (Phi) is 23.8. The molecule has 2 saturated carbocycles. The van der Waals surface area contributed by atoms with Crippen molar-refractivity contribution in [1.82, 2.24) is 0 Å². The van der Waals surface area contributed by atoms with Crippen LogP contribution < -0.4 is 0 Å². The topological polar surface area (TPSA) is 0 Å². The average molecular weight is 487 g/mol. The normalized spacial score (nSPS) is 15.5. The van der Waals surface area contributed by atoms with Crippen LogP contribution in [0.25, 0.3) is 0 Å². The molecule has 0 aromatic heterocycles. The first-order valence-corrected chi connectivity index (χ1v) is 15.0. The van der Waals surface area contributed by atoms with Crippen LogP contribution in [0.3, 0.4) is 0 Å². The Labute approximate surface area is 219 Å². The smallest absolute Gasteiger partial charge is 0.105 e. The van der Waals surface area contributed by atoms with E-state index >= 15 is 0 Å². The lowest BCUT2D eigenvalue weighted by atomic mass is 9.98. The summed E-state index contributed by atoms with van der Waals surface area (Å²) in [5, 5.41) is 0. The van der Waals surface area contributed by atoms with E-state index in [1.54, 1.807) is 13.8 Å². The Balaban J connectivity index is -0.000000355. The number of hydrogen-bond donors (Lipinski definition) is 0. The van der Waals surface area contributed by atoms with Gasteiger partial charge in [0.15, 0.2) is 0 Å². The predicted molar refractivity (Wildman–Crippen MR) is 158 cm³/mol. The lowest BCUT2D eigenvalue weighted by molar-refractivity contribution is 0.178. The molecule has 0 atom stereocenters. The van der Waals surface area contributed by atoms with Gasteiger partial charge >= 0.3 is 0 Å². The Morgan fingerprint density at radius 2 is 0.971 bits per heavy atom. The molecule has 0 N–H and O–H groups in total. The molecule has 0 heterocycles. The van der Waals surface area contributed by atoms with Gasteiger partial charge in [-0.2, -0.15) is 0 Å². The van der Waals surface area contributed by atoms with Gasteiger partial charge in [0, 0.05) is 0 Å². The molecule has 2 fully saturated rings. The fraction of sp³-hybridized carbons (Fsp3) is 1.00. The minimum atomic E-state index is -0.978. The average Bonchev–Trinajstić information content (AvgIpc) is 3.47. The van der Waals surface area contributed by atoms with Gasteiger partial charge < -0.3 is 0 Å². The standard InChI is InChI=1S/C7H15F.C7H14.C7H16.C6H12.C6H14/c1-6(2)5-7(3,4)8;1-6(2)5-7-3-4-7;1-6(2)5-7(3)4;1-5(2)6-3-4-6;1-5(2)6(3)4/h6H,5H2,1-4H3;6-7H,3-5H2,1-2H3;6-7H,5H2,1-4H3;5-6H,3-4H2,1-2H3;5-6H,1-4H3. The van der Waals surface area contributed by atoms with Crippen LogP contribution in [-0.4, -0.2) is 5.67 Å². The lowest BCUT2D eigenvalue weighted by Crippen LogP contribution is -2.14. The number of hydrogen-bond acceptors (Lipinski definition) is 0. The highest BCUT2D eigenvalue weighted by molar-refractivity contribution is 4.75. The summed E-state index contributed by atoms with van der Waals surface area (Å²) in [6.45, 7) is 34.5. The molecule has 210 valence electrons. The Bertz CT molecular complexity index is 370. The molecule has 0 unspecified atom stereocenters. The van der Waals surface area contributed by atoms with Gasteiger partial charge in [-0.05, 0) is 99.2 Å². The third kappa shape index (κ3) is 42.1. The third-order valence-electron chi connectivity index (χ3n) is 6.24. The van der Waals surface area contributed by atoms with E-state index in [2.05, 4.69) is 83.1 Å². The summed E-state index contributed by atoms with van der Waals surface area (Å²) in [4.78, 5) is 0. The second kappa shape index (κ2) is 21.1. The van der Waals surface area contributed by atoms with Crippen LogP contribution >= 0.6 is 0 Å². The molecule has 1 heteroatoms. The SMILES string of the molecule is CC(C)C(C)C.CC(C)C1CC1.CC(C)CC(C)(C)F.CC(C)CC(C)C.CC(C)CC1CC1. The molecular formula is C33H71F. The summed E-state index contributed by atoms with van der Waals surface area (Å²) in [6.07, 6.45) is 9.51. The van der Waals surface area contributed by atoms with Gasteiger partial charge in [-0.15, -0.1) is 0 Å². The number of rotatable bonds is 8. The molecule has 0 radical (unpaired) electrons. The largest absolute Gasteiger partial charge is 0.244 e. The molecule has 0 aliphatic heterocycles. The summed E-state index contributed by atoms with van der Waals surface area (Å²) in [5.41, 5.74) is -0.978. The predicted octanol–water partition coefficient (Wildman–Crippen LogP) is 12.3. The molecule has 2 aliphatic rings. The van der Waals surface area contributed by atoms with Gasteiger partial charge in [0.05, 0.1) is 0 Å². The monoisotopic (exact) mass is 487 g/mol. The van der Waals surface area contributed by atoms with E-state index in [1.807, 2.05) is 13.8 Å². The maximum absolute atomic E-state index is 12.6. The van der Waals surface area contributed by atoms with E-state index < -0.39 is 5.67 Å². The van der Waals surface area contributed by atoms with Gasteiger partial charge in [0.1, 0.15) is 5.67 Å². The highest BCUT2D eigenvalue weighted by atomic mass is 19.1. The van der Waals surface area contributed by atoms with Crippen molar-refractivity contribution in [2.24, 2.45) is 53.3 Å². The zero-order valence-corrected chi connectivity index (χ0v) is 27.0. The quantitative estimate of drug-likeness (QED) is 0.320. The van der Waals surface area contributed by atoms with E-state index in [4.69, 9.17) is 0 Å². The Morgan fingerprint density at radius 3 is 1.00 bits per heavy atom. The van der Waals surface area contributed by atoms with Crippen LogP contribution in [0, 0.1) is 53.3 Å². The molecule has 0 amide bonds. The van der Waals surface area contributed by atoms with Crippen molar-refractivity contribution in [3.05, 3.63) is 0 Å². The van der Waals surface area contributed by atoms with Crippen LogP contribution in [-0.2, 0) is 0 Å². The Morgan fingerprint density at radius 1 is 0.588 bits per heavy atom. The molecule has 0 aromatic rings. The molecule has 0 nitrogen and oxygen atoms in total. The van der Waals surface area contributed by atoms with Gasteiger partial charge in [-0.25, -0.2) is 4.39 Å². The van der Waals surface area contributed by atoms with E-state index in [9.17, 15) is 4.39 Å². The second-order valence-corrected chi connectivity index (χ2v) is 14.5. The van der Waals surface area contributed by atoms with E-state index in [0.29, 0.717) is 12.3 Å². The van der Waals surface area contributed by atoms with Gasteiger partial charge in [0.25, 0.3) is 0 Å². The van der Waals surface area contributed by atoms with Crippen molar-refractivity contribution < 1.29 is 4.39 Å². The van der Waals surface area contributed by atoms with Crippen molar-refractivity contribution >= 4 is 0 Å². The molecule has 0 saturated heterocycles. The van der Waals surface area contributed by atoms with E-state index in [0.717, 1.165) is 47.3 Å². The van der Waals surface area contributed by atoms with Crippen molar-refractivity contribution in [3.63, 3.8) is 0 Å². The summed E-state index contributed by atoms with van der Waals surface area (Å²) < 4.78 is 12.6. The summed E-state index contributed by atoms with van der Waals surface area (Å²) >= 11 is 0. The number of alkyl halides is 1. The van der Waals surface area contributed by atoms with Crippen LogP contribution in [0.4, 0.5) is 4.39 Å². The first-order valence-electron chi connectivity index (χ1n) is 15.0. The van der Waals surface area contributed by atoms with Crippen molar-refractivity contribution in [3.8, 4) is 0 Å². The molecule has 34 heavy (non-hydrogen) atoms. The van der Waals surface area contributed by atoms with Gasteiger partial charge in [-0.1, -0.05) is 110 Å². The maximum atomic E-state index is 12.6. The van der Waals surface area contributed by atoms with E-state index in [-0.39, 0.29) is 0 Å². The summed E-state index contributed by atoms with van der Waals surface area (Å²) in [5.74, 6) is 8.05. The molecular weight excluding hydrogens is 415 g/mol. The van der Waals surface area contributed by atoms with E-state index in [1.165, 1.54) is 38.5 Å². The van der Waals surface area contributed by atoms with Crippen LogP contribution in [0.15, 0.2) is 0 Å². The van der Waals surface area contributed by atoms with Crippen LogP contribution in [0.1, 0.15) is 156 Å². The van der Waals surface area contributed by atoms with Crippen molar-refractivity contribution in [1.29, 1.82) is 0 Å². The molecule has 2 rings (SSSR count). The van der Waals surface area contributed by atoms with Gasteiger partial charge in [0.2, 0.25) is 0 Å². The first-order chi connectivity index (χ1) is 15.3. The highest BCUT2D eigenvalue weighted by Gasteiger charge is 2.24.